The molecule has 1 aromatic heterocycles. The quantitative estimate of drug-likeness (QED) is 0.527. The van der Waals surface area contributed by atoms with E-state index in [0.717, 1.165) is 0 Å². The van der Waals surface area contributed by atoms with Crippen molar-refractivity contribution in [3.8, 4) is 0 Å². The molecule has 1 unspecified atom stereocenters. The molecule has 1 aliphatic rings. The number of carbonyl (C=O) groups is 3. The second kappa shape index (κ2) is 10.6. The fourth-order valence-electron chi connectivity index (χ4n) is 3.56. The minimum absolute atomic E-state index is 0.126. The molecule has 0 saturated carbocycles. The Balaban J connectivity index is 1.49. The Kier molecular flexibility index (Phi) is 7.88. The van der Waals surface area contributed by atoms with Gasteiger partial charge in [-0.05, 0) is 56.2 Å². The zero-order valence-corrected chi connectivity index (χ0v) is 19.4. The third-order valence-corrected chi connectivity index (χ3v) is 7.32. The van der Waals surface area contributed by atoms with Crippen LogP contribution in [0.25, 0.3) is 0 Å². The van der Waals surface area contributed by atoms with Crippen molar-refractivity contribution < 1.29 is 27.2 Å². The Labute approximate surface area is 192 Å². The third kappa shape index (κ3) is 6.42. The summed E-state index contributed by atoms with van der Waals surface area (Å²) in [5.41, 5.74) is 0.513. The molecule has 1 aromatic carbocycles. The van der Waals surface area contributed by atoms with Crippen molar-refractivity contribution in [1.82, 2.24) is 14.9 Å². The topological polar surface area (TPSA) is 138 Å². The van der Waals surface area contributed by atoms with Gasteiger partial charge in [-0.1, -0.05) is 0 Å². The van der Waals surface area contributed by atoms with Gasteiger partial charge < -0.3 is 20.4 Å². The molecule has 1 aliphatic heterocycles. The summed E-state index contributed by atoms with van der Waals surface area (Å²) >= 11 is 0. The Morgan fingerprint density at radius 2 is 1.79 bits per heavy atom. The number of hydrogen-bond donors (Lipinski definition) is 3. The molecule has 0 bridgehead atoms. The van der Waals surface area contributed by atoms with E-state index in [0.29, 0.717) is 24.3 Å². The lowest BCUT2D eigenvalue weighted by molar-refractivity contribution is -0.131. The zero-order chi connectivity index (χ0) is 24.0. The van der Waals surface area contributed by atoms with Crippen LogP contribution >= 0.6 is 0 Å². The van der Waals surface area contributed by atoms with Crippen molar-refractivity contribution in [3.63, 3.8) is 0 Å². The zero-order valence-electron chi connectivity index (χ0n) is 18.5. The lowest BCUT2D eigenvalue weighted by atomic mass is 9.97. The molecule has 0 spiro atoms. The number of benzene rings is 1. The Hall–Kier alpha value is -3.18. The Morgan fingerprint density at radius 1 is 1.12 bits per heavy atom. The van der Waals surface area contributed by atoms with E-state index < -0.39 is 16.1 Å². The number of hydrogen-bond acceptors (Lipinski definition) is 6. The standard InChI is InChI=1S/C22H28N4O6S/c1-15(21(28)23-14-19-4-3-13-32-19)24-22(29)17-9-11-26(12-10-17)33(30,31)20-7-5-18(6-8-20)25-16(2)27/h3-8,13,15,17H,9-12,14H2,1-2H3,(H,23,28)(H,24,29)(H,25,27). The van der Waals surface area contributed by atoms with Crippen LogP contribution in [0.5, 0.6) is 0 Å². The molecule has 2 heterocycles. The summed E-state index contributed by atoms with van der Waals surface area (Å²) in [5.74, 6) is -0.607. The van der Waals surface area contributed by atoms with E-state index in [1.165, 1.54) is 41.8 Å². The molecule has 178 valence electrons. The van der Waals surface area contributed by atoms with Crippen LogP contribution in [0, 0.1) is 5.92 Å². The third-order valence-electron chi connectivity index (χ3n) is 5.41. The monoisotopic (exact) mass is 476 g/mol. The molecular formula is C22H28N4O6S. The lowest BCUT2D eigenvalue weighted by Gasteiger charge is -2.31. The predicted molar refractivity (Wildman–Crippen MR) is 120 cm³/mol. The second-order valence-corrected chi connectivity index (χ2v) is 9.85. The maximum atomic E-state index is 12.9. The minimum atomic E-state index is -3.71. The van der Waals surface area contributed by atoms with E-state index >= 15 is 0 Å². The van der Waals surface area contributed by atoms with E-state index in [1.807, 2.05) is 0 Å². The summed E-state index contributed by atoms with van der Waals surface area (Å²) in [6.45, 7) is 3.60. The highest BCUT2D eigenvalue weighted by molar-refractivity contribution is 7.89. The molecule has 3 rings (SSSR count). The first-order valence-electron chi connectivity index (χ1n) is 10.6. The van der Waals surface area contributed by atoms with Gasteiger partial charge in [0.05, 0.1) is 17.7 Å². The van der Waals surface area contributed by atoms with Gasteiger partial charge in [-0.2, -0.15) is 4.31 Å². The van der Waals surface area contributed by atoms with E-state index in [-0.39, 0.29) is 48.2 Å². The van der Waals surface area contributed by atoms with Crippen LogP contribution in [0.1, 0.15) is 32.4 Å². The van der Waals surface area contributed by atoms with E-state index in [2.05, 4.69) is 16.0 Å². The van der Waals surface area contributed by atoms with Gasteiger partial charge in [0.15, 0.2) is 0 Å². The number of nitrogens with zero attached hydrogens (tertiary/aromatic N) is 1. The van der Waals surface area contributed by atoms with Gasteiger partial charge in [0.25, 0.3) is 0 Å². The van der Waals surface area contributed by atoms with Gasteiger partial charge in [0.1, 0.15) is 11.8 Å². The van der Waals surface area contributed by atoms with Crippen molar-refractivity contribution in [2.24, 2.45) is 5.92 Å². The summed E-state index contributed by atoms with van der Waals surface area (Å²) in [5, 5.41) is 7.99. The summed E-state index contributed by atoms with van der Waals surface area (Å²) in [6, 6.07) is 8.70. The fourth-order valence-corrected chi connectivity index (χ4v) is 5.03. The van der Waals surface area contributed by atoms with Crippen molar-refractivity contribution in [1.29, 1.82) is 0 Å². The molecule has 33 heavy (non-hydrogen) atoms. The number of nitrogens with one attached hydrogen (secondary N) is 3. The largest absolute Gasteiger partial charge is 0.467 e. The molecule has 3 N–H and O–H groups in total. The second-order valence-electron chi connectivity index (χ2n) is 7.91. The fraction of sp³-hybridized carbons (Fsp3) is 0.409. The van der Waals surface area contributed by atoms with Crippen molar-refractivity contribution >= 4 is 33.4 Å². The highest BCUT2D eigenvalue weighted by Gasteiger charge is 2.33. The summed E-state index contributed by atoms with van der Waals surface area (Å²) in [6.07, 6.45) is 2.23. The maximum absolute atomic E-state index is 12.9. The van der Waals surface area contributed by atoms with Gasteiger partial charge >= 0.3 is 0 Å². The Bertz CT molecular complexity index is 1070. The van der Waals surface area contributed by atoms with E-state index in [1.54, 1.807) is 19.1 Å². The highest BCUT2D eigenvalue weighted by Crippen LogP contribution is 2.25. The number of rotatable bonds is 8. The molecule has 0 aliphatic carbocycles. The number of sulfonamides is 1. The van der Waals surface area contributed by atoms with Gasteiger partial charge in [0, 0.05) is 31.6 Å². The molecule has 11 heteroatoms. The first-order chi connectivity index (χ1) is 15.7. The lowest BCUT2D eigenvalue weighted by Crippen LogP contribution is -2.49. The normalized spacial score (nSPS) is 16.1. The van der Waals surface area contributed by atoms with Gasteiger partial charge in [-0.3, -0.25) is 14.4 Å². The number of carbonyl (C=O) groups excluding carboxylic acids is 3. The van der Waals surface area contributed by atoms with E-state index in [9.17, 15) is 22.8 Å². The summed E-state index contributed by atoms with van der Waals surface area (Å²) in [7, 11) is -3.71. The molecule has 1 saturated heterocycles. The number of anilines is 1. The van der Waals surface area contributed by atoms with Crippen LogP contribution in [0.15, 0.2) is 52.0 Å². The molecule has 10 nitrogen and oxygen atoms in total. The molecule has 1 atom stereocenters. The van der Waals surface area contributed by atoms with Crippen molar-refractivity contribution in [2.45, 2.75) is 44.2 Å². The molecule has 3 amide bonds. The first-order valence-corrected chi connectivity index (χ1v) is 12.1. The van der Waals surface area contributed by atoms with Crippen LogP contribution in [-0.4, -0.2) is 49.6 Å². The van der Waals surface area contributed by atoms with Gasteiger partial charge in [-0.25, -0.2) is 8.42 Å². The van der Waals surface area contributed by atoms with E-state index in [4.69, 9.17) is 4.42 Å². The van der Waals surface area contributed by atoms with Gasteiger partial charge in [-0.15, -0.1) is 0 Å². The van der Waals surface area contributed by atoms with Crippen LogP contribution in [0.4, 0.5) is 5.69 Å². The predicted octanol–water partition coefficient (Wildman–Crippen LogP) is 1.46. The summed E-state index contributed by atoms with van der Waals surface area (Å²) < 4.78 is 32.3. The van der Waals surface area contributed by atoms with Crippen molar-refractivity contribution in [3.05, 3.63) is 48.4 Å². The maximum Gasteiger partial charge on any atom is 0.243 e. The average molecular weight is 477 g/mol. The van der Waals surface area contributed by atoms with Crippen molar-refractivity contribution in [2.75, 3.05) is 18.4 Å². The number of furan rings is 1. The molecule has 1 fully saturated rings. The molecular weight excluding hydrogens is 448 g/mol. The molecule has 2 aromatic rings. The van der Waals surface area contributed by atoms with Crippen LogP contribution in [-0.2, 0) is 31.0 Å². The Morgan fingerprint density at radius 3 is 2.36 bits per heavy atom. The van der Waals surface area contributed by atoms with Crippen LogP contribution < -0.4 is 16.0 Å². The SMILES string of the molecule is CC(=O)Nc1ccc(S(=O)(=O)N2CCC(C(=O)NC(C)C(=O)NCc3ccco3)CC2)cc1. The number of amides is 3. The average Bonchev–Trinajstić information content (AvgIpc) is 3.31. The first kappa shape index (κ1) is 24.5. The summed E-state index contributed by atoms with van der Waals surface area (Å²) in [4.78, 5) is 36.0. The van der Waals surface area contributed by atoms with Crippen LogP contribution in [0.2, 0.25) is 0 Å². The minimum Gasteiger partial charge on any atom is -0.467 e. The molecule has 0 radical (unpaired) electrons. The smallest absolute Gasteiger partial charge is 0.243 e. The highest BCUT2D eigenvalue weighted by atomic mass is 32.2. The number of piperidine rings is 1. The van der Waals surface area contributed by atoms with Crippen LogP contribution in [0.3, 0.4) is 0 Å². The van der Waals surface area contributed by atoms with Gasteiger partial charge in [0.2, 0.25) is 27.7 Å².